The molecule has 0 aromatic heterocycles. The fraction of sp³-hybridized carbons (Fsp3) is 0.143. The minimum atomic E-state index is -0.429. The third-order valence-electron chi connectivity index (χ3n) is 2.98. The predicted octanol–water partition coefficient (Wildman–Crippen LogP) is 4.42. The molecule has 6 heteroatoms. The first kappa shape index (κ1) is 14.5. The Labute approximate surface area is 123 Å². The number of nitro groups is 1. The molecular weight excluding hydrogens is 327 g/mol. The average molecular weight is 339 g/mol. The van der Waals surface area contributed by atoms with Crippen LogP contribution in [0.15, 0.2) is 40.9 Å². The molecular formula is C14H12BrFN2O2. The lowest BCUT2D eigenvalue weighted by Crippen LogP contribution is -2.05. The van der Waals surface area contributed by atoms with Crippen LogP contribution >= 0.6 is 15.9 Å². The van der Waals surface area contributed by atoms with Crippen LogP contribution < -0.4 is 5.32 Å². The van der Waals surface area contributed by atoms with Crippen LogP contribution in [0.5, 0.6) is 0 Å². The molecule has 0 saturated carbocycles. The van der Waals surface area contributed by atoms with E-state index in [1.165, 1.54) is 12.1 Å². The maximum absolute atomic E-state index is 13.4. The van der Waals surface area contributed by atoms with Crippen molar-refractivity contribution in [3.63, 3.8) is 0 Å². The number of nitro benzene ring substituents is 1. The van der Waals surface area contributed by atoms with Gasteiger partial charge in [-0.25, -0.2) is 4.39 Å². The van der Waals surface area contributed by atoms with Crippen molar-refractivity contribution in [3.8, 4) is 0 Å². The van der Waals surface area contributed by atoms with E-state index in [4.69, 9.17) is 0 Å². The minimum absolute atomic E-state index is 0.0368. The van der Waals surface area contributed by atoms with E-state index in [1.54, 1.807) is 31.2 Å². The van der Waals surface area contributed by atoms with Crippen molar-refractivity contribution in [1.82, 2.24) is 0 Å². The van der Waals surface area contributed by atoms with Gasteiger partial charge in [0.2, 0.25) is 0 Å². The van der Waals surface area contributed by atoms with Crippen LogP contribution in [0.2, 0.25) is 0 Å². The second-order valence-corrected chi connectivity index (χ2v) is 5.21. The molecule has 2 rings (SSSR count). The minimum Gasteiger partial charge on any atom is -0.380 e. The first-order chi connectivity index (χ1) is 9.49. The Kier molecular flexibility index (Phi) is 4.34. The quantitative estimate of drug-likeness (QED) is 0.663. The topological polar surface area (TPSA) is 55.2 Å². The molecule has 2 aromatic carbocycles. The smallest absolute Gasteiger partial charge is 0.274 e. The number of hydrogen-bond donors (Lipinski definition) is 1. The summed E-state index contributed by atoms with van der Waals surface area (Å²) in [6.45, 7) is 1.91. The van der Waals surface area contributed by atoms with E-state index in [0.29, 0.717) is 16.8 Å². The third kappa shape index (κ3) is 3.14. The highest BCUT2D eigenvalue weighted by atomic mass is 79.9. The third-order valence-corrected chi connectivity index (χ3v) is 3.47. The molecule has 0 saturated heterocycles. The molecule has 20 heavy (non-hydrogen) atoms. The van der Waals surface area contributed by atoms with Gasteiger partial charge in [-0.3, -0.25) is 10.1 Å². The zero-order valence-electron chi connectivity index (χ0n) is 10.7. The Morgan fingerprint density at radius 2 is 2.10 bits per heavy atom. The molecule has 0 aliphatic heterocycles. The second-order valence-electron chi connectivity index (χ2n) is 4.30. The molecule has 0 atom stereocenters. The van der Waals surface area contributed by atoms with E-state index in [0.717, 1.165) is 4.47 Å². The molecule has 0 fully saturated rings. The second kappa shape index (κ2) is 6.00. The highest BCUT2D eigenvalue weighted by Gasteiger charge is 2.14. The maximum atomic E-state index is 13.4. The number of rotatable bonds is 4. The van der Waals surface area contributed by atoms with Crippen molar-refractivity contribution < 1.29 is 9.31 Å². The van der Waals surface area contributed by atoms with Gasteiger partial charge in [0, 0.05) is 33.9 Å². The van der Waals surface area contributed by atoms with E-state index >= 15 is 0 Å². The van der Waals surface area contributed by atoms with Gasteiger partial charge in [0.1, 0.15) is 5.82 Å². The van der Waals surface area contributed by atoms with Crippen molar-refractivity contribution >= 4 is 27.3 Å². The summed E-state index contributed by atoms with van der Waals surface area (Å²) in [6, 6.07) is 9.46. The van der Waals surface area contributed by atoms with E-state index in [2.05, 4.69) is 21.2 Å². The molecule has 0 aliphatic carbocycles. The first-order valence-electron chi connectivity index (χ1n) is 5.91. The number of hydrogen-bond acceptors (Lipinski definition) is 3. The van der Waals surface area contributed by atoms with Crippen LogP contribution in [0.25, 0.3) is 0 Å². The van der Waals surface area contributed by atoms with Crippen LogP contribution in [0.4, 0.5) is 15.8 Å². The molecule has 104 valence electrons. The van der Waals surface area contributed by atoms with Crippen molar-refractivity contribution in [2.45, 2.75) is 13.5 Å². The van der Waals surface area contributed by atoms with E-state index in [9.17, 15) is 14.5 Å². The highest BCUT2D eigenvalue weighted by molar-refractivity contribution is 9.10. The lowest BCUT2D eigenvalue weighted by molar-refractivity contribution is -0.385. The lowest BCUT2D eigenvalue weighted by Gasteiger charge is -2.10. The van der Waals surface area contributed by atoms with Crippen molar-refractivity contribution in [2.24, 2.45) is 0 Å². The van der Waals surface area contributed by atoms with Gasteiger partial charge in [0.05, 0.1) is 4.92 Å². The Bertz CT molecular complexity index is 662. The van der Waals surface area contributed by atoms with Crippen LogP contribution in [0.3, 0.4) is 0 Å². The molecule has 2 aromatic rings. The van der Waals surface area contributed by atoms with Gasteiger partial charge in [0.25, 0.3) is 5.69 Å². The van der Waals surface area contributed by atoms with Crippen molar-refractivity contribution in [2.75, 3.05) is 5.32 Å². The Morgan fingerprint density at radius 1 is 1.35 bits per heavy atom. The number of anilines is 1. The molecule has 0 spiro atoms. The van der Waals surface area contributed by atoms with Crippen LogP contribution in [-0.2, 0) is 6.54 Å². The lowest BCUT2D eigenvalue weighted by atomic mass is 10.1. The van der Waals surface area contributed by atoms with Gasteiger partial charge in [-0.05, 0) is 31.2 Å². The SMILES string of the molecule is Cc1c(F)cccc1NCc1cc(Br)ccc1[N+](=O)[O-]. The van der Waals surface area contributed by atoms with Gasteiger partial charge in [-0.1, -0.05) is 22.0 Å². The molecule has 4 nitrogen and oxygen atoms in total. The highest BCUT2D eigenvalue weighted by Crippen LogP contribution is 2.25. The summed E-state index contributed by atoms with van der Waals surface area (Å²) in [5.41, 5.74) is 1.69. The average Bonchev–Trinajstić information content (AvgIpc) is 2.40. The van der Waals surface area contributed by atoms with Gasteiger partial charge < -0.3 is 5.32 Å². The normalized spacial score (nSPS) is 10.3. The molecule has 0 heterocycles. The summed E-state index contributed by atoms with van der Waals surface area (Å²) in [6.07, 6.45) is 0. The summed E-state index contributed by atoms with van der Waals surface area (Å²) in [5.74, 6) is -0.307. The van der Waals surface area contributed by atoms with E-state index in [-0.39, 0.29) is 18.0 Å². The Balaban J connectivity index is 2.24. The number of halogens is 2. The molecule has 1 N–H and O–H groups in total. The largest absolute Gasteiger partial charge is 0.380 e. The van der Waals surface area contributed by atoms with Crippen LogP contribution in [-0.4, -0.2) is 4.92 Å². The zero-order chi connectivity index (χ0) is 14.7. The standard InChI is InChI=1S/C14H12BrFN2O2/c1-9-12(16)3-2-4-13(9)17-8-10-7-11(15)5-6-14(10)18(19)20/h2-7,17H,8H2,1H3. The molecule has 0 amide bonds. The van der Waals surface area contributed by atoms with E-state index < -0.39 is 4.92 Å². The maximum Gasteiger partial charge on any atom is 0.274 e. The fourth-order valence-electron chi connectivity index (χ4n) is 1.86. The zero-order valence-corrected chi connectivity index (χ0v) is 12.3. The number of nitrogens with zero attached hydrogens (tertiary/aromatic N) is 1. The van der Waals surface area contributed by atoms with Gasteiger partial charge in [0.15, 0.2) is 0 Å². The summed E-state index contributed by atoms with van der Waals surface area (Å²) < 4.78 is 14.2. The Morgan fingerprint density at radius 3 is 2.80 bits per heavy atom. The van der Waals surface area contributed by atoms with E-state index in [1.807, 2.05) is 0 Å². The summed E-state index contributed by atoms with van der Waals surface area (Å²) in [5, 5.41) is 14.0. The predicted molar refractivity (Wildman–Crippen MR) is 79.3 cm³/mol. The Hall–Kier alpha value is -1.95. The molecule has 0 aliphatic rings. The summed E-state index contributed by atoms with van der Waals surface area (Å²) >= 11 is 3.29. The first-order valence-corrected chi connectivity index (χ1v) is 6.70. The van der Waals surface area contributed by atoms with Gasteiger partial charge in [-0.15, -0.1) is 0 Å². The van der Waals surface area contributed by atoms with Crippen LogP contribution in [0, 0.1) is 22.9 Å². The number of benzene rings is 2. The summed E-state index contributed by atoms with van der Waals surface area (Å²) in [4.78, 5) is 10.5. The molecule has 0 radical (unpaired) electrons. The van der Waals surface area contributed by atoms with Gasteiger partial charge in [-0.2, -0.15) is 0 Å². The number of nitrogens with one attached hydrogen (secondary N) is 1. The van der Waals surface area contributed by atoms with Crippen molar-refractivity contribution in [3.05, 3.63) is 67.9 Å². The van der Waals surface area contributed by atoms with Crippen molar-refractivity contribution in [1.29, 1.82) is 0 Å². The van der Waals surface area contributed by atoms with Crippen LogP contribution in [0.1, 0.15) is 11.1 Å². The molecule has 0 bridgehead atoms. The monoisotopic (exact) mass is 338 g/mol. The van der Waals surface area contributed by atoms with Gasteiger partial charge >= 0.3 is 0 Å². The molecule has 0 unspecified atom stereocenters. The summed E-state index contributed by atoms with van der Waals surface area (Å²) in [7, 11) is 0. The fourth-order valence-corrected chi connectivity index (χ4v) is 2.27.